The van der Waals surface area contributed by atoms with Gasteiger partial charge in [-0.25, -0.2) is 0 Å². The molecule has 2 rings (SSSR count). The molecule has 1 atom stereocenters. The average Bonchev–Trinajstić information content (AvgIpc) is 2.74. The van der Waals surface area contributed by atoms with E-state index in [1.807, 2.05) is 0 Å². The van der Waals surface area contributed by atoms with Crippen molar-refractivity contribution in [3.63, 3.8) is 0 Å². The van der Waals surface area contributed by atoms with Gasteiger partial charge in [-0.2, -0.15) is 0 Å². The van der Waals surface area contributed by atoms with Crippen molar-refractivity contribution in [1.29, 1.82) is 0 Å². The van der Waals surface area contributed by atoms with Crippen LogP contribution in [-0.4, -0.2) is 12.3 Å². The molecular formula is C17H27NS. The molecule has 0 aliphatic heterocycles. The number of rotatable bonds is 5. The van der Waals surface area contributed by atoms with Crippen molar-refractivity contribution in [2.24, 2.45) is 5.92 Å². The zero-order valence-electron chi connectivity index (χ0n) is 12.3. The first-order valence-electron chi connectivity index (χ1n) is 7.66. The van der Waals surface area contributed by atoms with Gasteiger partial charge in [0.1, 0.15) is 0 Å². The van der Waals surface area contributed by atoms with E-state index in [1.54, 1.807) is 11.8 Å². The highest BCUT2D eigenvalue weighted by Gasteiger charge is 2.18. The van der Waals surface area contributed by atoms with Gasteiger partial charge >= 0.3 is 0 Å². The highest BCUT2D eigenvalue weighted by Crippen LogP contribution is 2.25. The normalized spacial score (nSPS) is 19.1. The van der Waals surface area contributed by atoms with Crippen LogP contribution in [0.2, 0.25) is 0 Å². The first kappa shape index (κ1) is 14.9. The Hall–Kier alpha value is -0.470. The maximum atomic E-state index is 3.73. The average molecular weight is 277 g/mol. The lowest BCUT2D eigenvalue weighted by molar-refractivity contribution is 0.336. The SMILES string of the molecule is CSc1ccc(CN[C@@H](C)C2CCCCCC2)cc1. The van der Waals surface area contributed by atoms with Gasteiger partial charge in [0.05, 0.1) is 0 Å². The van der Waals surface area contributed by atoms with Gasteiger partial charge in [-0.15, -0.1) is 11.8 Å². The van der Waals surface area contributed by atoms with Crippen molar-refractivity contribution in [3.8, 4) is 0 Å². The molecule has 1 aromatic rings. The lowest BCUT2D eigenvalue weighted by atomic mass is 9.93. The van der Waals surface area contributed by atoms with E-state index in [1.165, 1.54) is 49.0 Å². The van der Waals surface area contributed by atoms with Gasteiger partial charge in [0.25, 0.3) is 0 Å². The van der Waals surface area contributed by atoms with E-state index in [2.05, 4.69) is 42.8 Å². The summed E-state index contributed by atoms with van der Waals surface area (Å²) >= 11 is 1.81. The number of hydrogen-bond acceptors (Lipinski definition) is 2. The minimum atomic E-state index is 0.651. The fraction of sp³-hybridized carbons (Fsp3) is 0.647. The third-order valence-corrected chi connectivity index (χ3v) is 5.14. The Bertz CT molecular complexity index is 352. The Morgan fingerprint density at radius 2 is 1.74 bits per heavy atom. The summed E-state index contributed by atoms with van der Waals surface area (Å²) in [4.78, 5) is 1.35. The molecule has 1 N–H and O–H groups in total. The van der Waals surface area contributed by atoms with Gasteiger partial charge in [-0.05, 0) is 49.6 Å². The largest absolute Gasteiger partial charge is 0.310 e. The van der Waals surface area contributed by atoms with Gasteiger partial charge in [-0.1, -0.05) is 37.8 Å². The second-order valence-electron chi connectivity index (χ2n) is 5.77. The Kier molecular flexibility index (Phi) is 6.25. The summed E-state index contributed by atoms with van der Waals surface area (Å²) in [7, 11) is 0. The number of thioether (sulfide) groups is 1. The third kappa shape index (κ3) is 4.85. The first-order chi connectivity index (χ1) is 9.29. The molecular weight excluding hydrogens is 250 g/mol. The van der Waals surface area contributed by atoms with E-state index >= 15 is 0 Å². The smallest absolute Gasteiger partial charge is 0.0208 e. The topological polar surface area (TPSA) is 12.0 Å². The monoisotopic (exact) mass is 277 g/mol. The summed E-state index contributed by atoms with van der Waals surface area (Å²) in [5.74, 6) is 0.882. The molecule has 2 heteroatoms. The summed E-state index contributed by atoms with van der Waals surface area (Å²) in [5, 5.41) is 3.73. The number of nitrogens with one attached hydrogen (secondary N) is 1. The molecule has 1 fully saturated rings. The number of hydrogen-bond donors (Lipinski definition) is 1. The highest BCUT2D eigenvalue weighted by molar-refractivity contribution is 7.98. The van der Waals surface area contributed by atoms with Crippen LogP contribution in [0.4, 0.5) is 0 Å². The van der Waals surface area contributed by atoms with Crippen molar-refractivity contribution < 1.29 is 0 Å². The summed E-state index contributed by atoms with van der Waals surface area (Å²) in [6.45, 7) is 3.37. The van der Waals surface area contributed by atoms with E-state index in [-0.39, 0.29) is 0 Å². The molecule has 0 amide bonds. The van der Waals surface area contributed by atoms with E-state index in [9.17, 15) is 0 Å². The van der Waals surface area contributed by atoms with Crippen molar-refractivity contribution in [2.75, 3.05) is 6.26 Å². The molecule has 1 aliphatic carbocycles. The molecule has 1 aromatic carbocycles. The van der Waals surface area contributed by atoms with Crippen LogP contribution >= 0.6 is 11.8 Å². The van der Waals surface area contributed by atoms with Gasteiger partial charge < -0.3 is 5.32 Å². The minimum absolute atomic E-state index is 0.651. The van der Waals surface area contributed by atoms with Crippen molar-refractivity contribution >= 4 is 11.8 Å². The maximum Gasteiger partial charge on any atom is 0.0208 e. The molecule has 1 nitrogen and oxygen atoms in total. The van der Waals surface area contributed by atoms with Gasteiger partial charge in [0.2, 0.25) is 0 Å². The van der Waals surface area contributed by atoms with E-state index in [4.69, 9.17) is 0 Å². The zero-order chi connectivity index (χ0) is 13.5. The van der Waals surface area contributed by atoms with E-state index < -0.39 is 0 Å². The van der Waals surface area contributed by atoms with Crippen LogP contribution in [0.1, 0.15) is 51.0 Å². The molecule has 0 bridgehead atoms. The second-order valence-corrected chi connectivity index (χ2v) is 6.65. The van der Waals surface area contributed by atoms with Crippen LogP contribution in [0.25, 0.3) is 0 Å². The van der Waals surface area contributed by atoms with Crippen LogP contribution in [0, 0.1) is 5.92 Å². The van der Waals surface area contributed by atoms with Crippen LogP contribution < -0.4 is 5.32 Å². The van der Waals surface area contributed by atoms with Crippen LogP contribution in [0.5, 0.6) is 0 Å². The second kappa shape index (κ2) is 7.96. The molecule has 1 aliphatic rings. The molecule has 0 unspecified atom stereocenters. The lowest BCUT2D eigenvalue weighted by Crippen LogP contribution is -2.32. The van der Waals surface area contributed by atoms with Crippen LogP contribution in [0.15, 0.2) is 29.2 Å². The maximum absolute atomic E-state index is 3.73. The van der Waals surface area contributed by atoms with E-state index in [0.717, 1.165) is 12.5 Å². The van der Waals surface area contributed by atoms with E-state index in [0.29, 0.717) is 6.04 Å². The summed E-state index contributed by atoms with van der Waals surface area (Å²) in [6, 6.07) is 9.59. The quantitative estimate of drug-likeness (QED) is 0.609. The predicted octanol–water partition coefficient (Wildman–Crippen LogP) is 4.86. The first-order valence-corrected chi connectivity index (χ1v) is 8.88. The van der Waals surface area contributed by atoms with Crippen molar-refractivity contribution in [1.82, 2.24) is 5.32 Å². The lowest BCUT2D eigenvalue weighted by Gasteiger charge is -2.23. The Morgan fingerprint density at radius 3 is 2.32 bits per heavy atom. The van der Waals surface area contributed by atoms with Crippen molar-refractivity contribution in [3.05, 3.63) is 29.8 Å². The Balaban J connectivity index is 1.79. The molecule has 106 valence electrons. The fourth-order valence-electron chi connectivity index (χ4n) is 3.00. The summed E-state index contributed by atoms with van der Waals surface area (Å²) in [6.07, 6.45) is 10.7. The molecule has 0 saturated heterocycles. The molecule has 19 heavy (non-hydrogen) atoms. The summed E-state index contributed by atoms with van der Waals surface area (Å²) < 4.78 is 0. The predicted molar refractivity (Wildman–Crippen MR) is 85.7 cm³/mol. The summed E-state index contributed by atoms with van der Waals surface area (Å²) in [5.41, 5.74) is 1.40. The molecule has 0 radical (unpaired) electrons. The molecule has 0 spiro atoms. The highest BCUT2D eigenvalue weighted by atomic mass is 32.2. The van der Waals surface area contributed by atoms with Gasteiger partial charge in [0, 0.05) is 17.5 Å². The fourth-order valence-corrected chi connectivity index (χ4v) is 3.41. The number of benzene rings is 1. The Morgan fingerprint density at radius 1 is 1.11 bits per heavy atom. The van der Waals surface area contributed by atoms with Gasteiger partial charge in [0.15, 0.2) is 0 Å². The van der Waals surface area contributed by atoms with Crippen LogP contribution in [0.3, 0.4) is 0 Å². The Labute approximate surface area is 122 Å². The zero-order valence-corrected chi connectivity index (χ0v) is 13.1. The molecule has 1 saturated carbocycles. The molecule has 0 aromatic heterocycles. The van der Waals surface area contributed by atoms with Gasteiger partial charge in [-0.3, -0.25) is 0 Å². The van der Waals surface area contributed by atoms with Crippen LogP contribution in [-0.2, 0) is 6.54 Å². The standard InChI is InChI=1S/C17H27NS/c1-14(16-7-5-3-4-6-8-16)18-13-15-9-11-17(19-2)12-10-15/h9-12,14,16,18H,3-8,13H2,1-2H3/t14-/m0/s1. The third-order valence-electron chi connectivity index (χ3n) is 4.39. The minimum Gasteiger partial charge on any atom is -0.310 e. The van der Waals surface area contributed by atoms with Crippen molar-refractivity contribution in [2.45, 2.75) is 62.9 Å². The molecule has 0 heterocycles.